The lowest BCUT2D eigenvalue weighted by molar-refractivity contribution is -0.118. The number of carbonyl (C=O) groups excluding carboxylic acids is 1. The van der Waals surface area contributed by atoms with Crippen molar-refractivity contribution < 1.29 is 14.3 Å². The summed E-state index contributed by atoms with van der Waals surface area (Å²) in [6.07, 6.45) is 1.44. The summed E-state index contributed by atoms with van der Waals surface area (Å²) in [5.74, 6) is 0.710. The third-order valence-electron chi connectivity index (χ3n) is 5.39. The maximum atomic E-state index is 13.5. The first-order valence-corrected chi connectivity index (χ1v) is 11.7. The Bertz CT molecular complexity index is 1400. The van der Waals surface area contributed by atoms with Crippen LogP contribution in [0.25, 0.3) is 21.3 Å². The van der Waals surface area contributed by atoms with Gasteiger partial charge in [0.15, 0.2) is 11.5 Å². The monoisotopic (exact) mass is 527 g/mol. The molecule has 2 aromatic carbocycles. The molecule has 1 atom stereocenters. The van der Waals surface area contributed by atoms with Gasteiger partial charge in [0.05, 0.1) is 25.9 Å². The summed E-state index contributed by atoms with van der Waals surface area (Å²) in [7, 11) is 3.07. The largest absolute Gasteiger partial charge is 0.493 e. The molecule has 170 valence electrons. The van der Waals surface area contributed by atoms with Crippen molar-refractivity contribution in [1.82, 2.24) is 9.55 Å². The number of hydrogen-bond donors (Lipinski definition) is 1. The van der Waals surface area contributed by atoms with Crippen LogP contribution in [0.1, 0.15) is 17.8 Å². The highest BCUT2D eigenvalue weighted by atomic mass is 79.9. The van der Waals surface area contributed by atoms with Crippen LogP contribution < -0.4 is 20.3 Å². The molecule has 2 heterocycles. The number of nitrogens with zero attached hydrogens (tertiary/aromatic N) is 2. The molecule has 1 amide bonds. The SMILES string of the molecule is COc1ccc(NC(=O)C(C)n2cnc3sc(C)c(-c4ccc(Br)cc4)c3c2=O)cc1OC. The van der Waals surface area contributed by atoms with Crippen molar-refractivity contribution in [2.24, 2.45) is 0 Å². The Hall–Kier alpha value is -3.17. The number of amides is 1. The number of ether oxygens (including phenoxy) is 2. The summed E-state index contributed by atoms with van der Waals surface area (Å²) in [6, 6.07) is 12.1. The normalized spacial score (nSPS) is 11.9. The minimum absolute atomic E-state index is 0.253. The van der Waals surface area contributed by atoms with Crippen LogP contribution in [0.15, 0.2) is 58.1 Å². The van der Waals surface area contributed by atoms with E-state index in [2.05, 4.69) is 26.2 Å². The van der Waals surface area contributed by atoms with Crippen LogP contribution >= 0.6 is 27.3 Å². The number of aryl methyl sites for hydroxylation is 1. The highest BCUT2D eigenvalue weighted by Gasteiger charge is 2.22. The molecular weight excluding hydrogens is 506 g/mol. The lowest BCUT2D eigenvalue weighted by Gasteiger charge is -2.16. The first-order valence-electron chi connectivity index (χ1n) is 10.1. The Morgan fingerprint density at radius 2 is 1.82 bits per heavy atom. The molecule has 7 nitrogen and oxygen atoms in total. The Labute approximate surface area is 203 Å². The first kappa shape index (κ1) is 23.0. The summed E-state index contributed by atoms with van der Waals surface area (Å²) in [5, 5.41) is 3.36. The van der Waals surface area contributed by atoms with Crippen molar-refractivity contribution in [2.45, 2.75) is 19.9 Å². The number of aromatic nitrogens is 2. The number of fused-ring (bicyclic) bond motifs is 1. The van der Waals surface area contributed by atoms with Crippen LogP contribution in [0, 0.1) is 6.92 Å². The number of nitrogens with one attached hydrogen (secondary N) is 1. The first-order chi connectivity index (χ1) is 15.8. The number of halogens is 1. The van der Waals surface area contributed by atoms with Gasteiger partial charge in [0.25, 0.3) is 5.56 Å². The molecule has 0 bridgehead atoms. The lowest BCUT2D eigenvalue weighted by Crippen LogP contribution is -2.31. The van der Waals surface area contributed by atoms with Crippen molar-refractivity contribution >= 4 is 49.1 Å². The van der Waals surface area contributed by atoms with E-state index in [1.165, 1.54) is 29.3 Å². The quantitative estimate of drug-likeness (QED) is 0.362. The van der Waals surface area contributed by atoms with Gasteiger partial charge in [-0.05, 0) is 43.7 Å². The molecule has 2 aromatic heterocycles. The highest BCUT2D eigenvalue weighted by molar-refractivity contribution is 9.10. The molecule has 0 saturated carbocycles. The number of anilines is 1. The summed E-state index contributed by atoms with van der Waals surface area (Å²) in [4.78, 5) is 32.6. The van der Waals surface area contributed by atoms with Gasteiger partial charge < -0.3 is 14.8 Å². The molecule has 33 heavy (non-hydrogen) atoms. The number of hydrogen-bond acceptors (Lipinski definition) is 6. The topological polar surface area (TPSA) is 82.5 Å². The second kappa shape index (κ2) is 9.36. The zero-order valence-corrected chi connectivity index (χ0v) is 20.9. The minimum atomic E-state index is -0.777. The average Bonchev–Trinajstić information content (AvgIpc) is 3.16. The Morgan fingerprint density at radius 3 is 2.48 bits per heavy atom. The van der Waals surface area contributed by atoms with E-state index in [0.29, 0.717) is 27.4 Å². The Morgan fingerprint density at radius 1 is 1.12 bits per heavy atom. The minimum Gasteiger partial charge on any atom is -0.493 e. The van der Waals surface area contributed by atoms with E-state index in [0.717, 1.165) is 20.5 Å². The fourth-order valence-electron chi connectivity index (χ4n) is 3.64. The second-order valence-electron chi connectivity index (χ2n) is 7.41. The molecule has 4 rings (SSSR count). The molecule has 0 aliphatic carbocycles. The van der Waals surface area contributed by atoms with E-state index < -0.39 is 6.04 Å². The smallest absolute Gasteiger partial charge is 0.263 e. The van der Waals surface area contributed by atoms with E-state index in [9.17, 15) is 9.59 Å². The standard InChI is InChI=1S/C24H22BrN3O4S/c1-13(22(29)27-17-9-10-18(31-3)19(11-17)32-4)28-12-26-23-21(24(28)30)20(14(2)33-23)15-5-7-16(25)8-6-15/h5-13H,1-4H3,(H,27,29). The number of benzene rings is 2. The molecule has 9 heteroatoms. The summed E-state index contributed by atoms with van der Waals surface area (Å²) >= 11 is 4.92. The third kappa shape index (κ3) is 4.38. The van der Waals surface area contributed by atoms with Crippen molar-refractivity contribution in [1.29, 1.82) is 0 Å². The van der Waals surface area contributed by atoms with Crippen LogP contribution in [0.4, 0.5) is 5.69 Å². The zero-order chi connectivity index (χ0) is 23.7. The van der Waals surface area contributed by atoms with Crippen LogP contribution in [0.3, 0.4) is 0 Å². The van der Waals surface area contributed by atoms with Crippen molar-refractivity contribution in [3.63, 3.8) is 0 Å². The van der Waals surface area contributed by atoms with Crippen LogP contribution in [0.2, 0.25) is 0 Å². The molecule has 1 unspecified atom stereocenters. The van der Waals surface area contributed by atoms with Gasteiger partial charge in [-0.3, -0.25) is 14.2 Å². The van der Waals surface area contributed by atoms with Crippen LogP contribution in [-0.2, 0) is 4.79 Å². The van der Waals surface area contributed by atoms with Gasteiger partial charge in [-0.2, -0.15) is 0 Å². The average molecular weight is 528 g/mol. The molecular formula is C24H22BrN3O4S. The predicted octanol–water partition coefficient (Wildman–Crippen LogP) is 5.41. The maximum Gasteiger partial charge on any atom is 0.263 e. The van der Waals surface area contributed by atoms with Gasteiger partial charge in [-0.25, -0.2) is 4.98 Å². The Balaban J connectivity index is 1.70. The van der Waals surface area contributed by atoms with Crippen molar-refractivity contribution in [2.75, 3.05) is 19.5 Å². The molecule has 0 aliphatic rings. The molecule has 4 aromatic rings. The second-order valence-corrected chi connectivity index (χ2v) is 9.53. The van der Waals surface area contributed by atoms with Gasteiger partial charge in [-0.1, -0.05) is 28.1 Å². The third-order valence-corrected chi connectivity index (χ3v) is 6.94. The molecule has 0 saturated heterocycles. The molecule has 0 spiro atoms. The maximum absolute atomic E-state index is 13.5. The van der Waals surface area contributed by atoms with Gasteiger partial charge in [0.2, 0.25) is 5.91 Å². The van der Waals surface area contributed by atoms with Crippen molar-refractivity contribution in [3.05, 3.63) is 68.5 Å². The lowest BCUT2D eigenvalue weighted by atomic mass is 10.0. The van der Waals surface area contributed by atoms with E-state index in [-0.39, 0.29) is 11.5 Å². The summed E-state index contributed by atoms with van der Waals surface area (Å²) < 4.78 is 12.9. The van der Waals surface area contributed by atoms with E-state index in [1.54, 1.807) is 32.2 Å². The molecule has 0 radical (unpaired) electrons. The van der Waals surface area contributed by atoms with E-state index in [1.807, 2.05) is 31.2 Å². The van der Waals surface area contributed by atoms with Gasteiger partial charge in [-0.15, -0.1) is 11.3 Å². The van der Waals surface area contributed by atoms with Crippen LogP contribution in [-0.4, -0.2) is 29.7 Å². The van der Waals surface area contributed by atoms with Gasteiger partial charge in [0, 0.05) is 26.7 Å². The predicted molar refractivity (Wildman–Crippen MR) is 135 cm³/mol. The Kier molecular flexibility index (Phi) is 6.53. The molecule has 1 N–H and O–H groups in total. The summed E-state index contributed by atoms with van der Waals surface area (Å²) in [5.41, 5.74) is 2.06. The van der Waals surface area contributed by atoms with Crippen molar-refractivity contribution in [3.8, 4) is 22.6 Å². The highest BCUT2D eigenvalue weighted by Crippen LogP contribution is 2.36. The fraction of sp³-hybridized carbons (Fsp3) is 0.208. The van der Waals surface area contributed by atoms with E-state index >= 15 is 0 Å². The molecule has 0 aliphatic heterocycles. The van der Waals surface area contributed by atoms with E-state index in [4.69, 9.17) is 9.47 Å². The van der Waals surface area contributed by atoms with Crippen LogP contribution in [0.5, 0.6) is 11.5 Å². The molecule has 0 fully saturated rings. The van der Waals surface area contributed by atoms with Gasteiger partial charge in [0.1, 0.15) is 10.9 Å². The number of rotatable bonds is 6. The number of thiophene rings is 1. The number of methoxy groups -OCH3 is 2. The fourth-order valence-corrected chi connectivity index (χ4v) is 4.91. The number of carbonyl (C=O) groups is 1. The van der Waals surface area contributed by atoms with Gasteiger partial charge >= 0.3 is 0 Å². The summed E-state index contributed by atoms with van der Waals surface area (Å²) in [6.45, 7) is 3.64. The zero-order valence-electron chi connectivity index (χ0n) is 18.5.